The molecule has 0 bridgehead atoms. The summed E-state index contributed by atoms with van der Waals surface area (Å²) in [5.41, 5.74) is 10.5. The van der Waals surface area contributed by atoms with E-state index < -0.39 is 20.6 Å². The van der Waals surface area contributed by atoms with E-state index in [1.54, 1.807) is 12.1 Å². The van der Waals surface area contributed by atoms with Crippen LogP contribution in [0.3, 0.4) is 0 Å². The molecule has 0 amide bonds. The van der Waals surface area contributed by atoms with E-state index in [1.807, 2.05) is 0 Å². The second kappa shape index (κ2) is 3.70. The Morgan fingerprint density at radius 2 is 1.94 bits per heavy atom. The van der Waals surface area contributed by atoms with Crippen molar-refractivity contribution in [2.24, 2.45) is 11.5 Å². The number of nitrogens with two attached hydrogens (primary N) is 2. The highest BCUT2D eigenvalue weighted by molar-refractivity contribution is 7.92. The Morgan fingerprint density at radius 1 is 1.38 bits per heavy atom. The van der Waals surface area contributed by atoms with E-state index in [-0.39, 0.29) is 11.4 Å². The number of benzene rings is 1. The van der Waals surface area contributed by atoms with Gasteiger partial charge in [-0.3, -0.25) is 0 Å². The Kier molecular flexibility index (Phi) is 2.74. The third-order valence-corrected chi connectivity index (χ3v) is 5.51. The molecule has 0 radical (unpaired) electrons. The standard InChI is InChI=1S/C10H13ClN2O2S/c11-7-1-3-8(4-2-7)16(14,15)9-5-10(9,13)6-12/h1-4,9H,5-6,12-13H2. The Morgan fingerprint density at radius 3 is 2.38 bits per heavy atom. The second-order valence-corrected chi connectivity index (χ2v) is 6.70. The van der Waals surface area contributed by atoms with Crippen molar-refractivity contribution in [1.82, 2.24) is 0 Å². The van der Waals surface area contributed by atoms with Crippen LogP contribution in [0.2, 0.25) is 5.02 Å². The lowest BCUT2D eigenvalue weighted by Crippen LogP contribution is -2.38. The van der Waals surface area contributed by atoms with Gasteiger partial charge in [0.1, 0.15) is 0 Å². The van der Waals surface area contributed by atoms with E-state index in [2.05, 4.69) is 0 Å². The molecular formula is C10H13ClN2O2S. The Bertz CT molecular complexity index is 500. The second-order valence-electron chi connectivity index (χ2n) is 4.13. The van der Waals surface area contributed by atoms with Crippen molar-refractivity contribution in [2.45, 2.75) is 22.1 Å². The molecule has 1 aromatic carbocycles. The van der Waals surface area contributed by atoms with Crippen LogP contribution in [0, 0.1) is 0 Å². The van der Waals surface area contributed by atoms with Gasteiger partial charge in [0.25, 0.3) is 0 Å². The van der Waals surface area contributed by atoms with E-state index in [4.69, 9.17) is 23.1 Å². The highest BCUT2D eigenvalue weighted by atomic mass is 35.5. The van der Waals surface area contributed by atoms with Crippen LogP contribution in [-0.4, -0.2) is 25.8 Å². The Hall–Kier alpha value is -0.620. The summed E-state index contributed by atoms with van der Waals surface area (Å²) < 4.78 is 24.2. The zero-order chi connectivity index (χ0) is 12.0. The molecule has 16 heavy (non-hydrogen) atoms. The number of hydrogen-bond donors (Lipinski definition) is 2. The largest absolute Gasteiger partial charge is 0.329 e. The van der Waals surface area contributed by atoms with Crippen LogP contribution in [-0.2, 0) is 9.84 Å². The number of sulfone groups is 1. The van der Waals surface area contributed by atoms with Crippen molar-refractivity contribution in [3.05, 3.63) is 29.3 Å². The lowest BCUT2D eigenvalue weighted by atomic mass is 10.3. The summed E-state index contributed by atoms with van der Waals surface area (Å²) in [6, 6.07) is 6.09. The van der Waals surface area contributed by atoms with Crippen molar-refractivity contribution in [3.8, 4) is 0 Å². The molecule has 0 heterocycles. The topological polar surface area (TPSA) is 86.2 Å². The van der Waals surface area contributed by atoms with E-state index in [9.17, 15) is 8.42 Å². The minimum absolute atomic E-state index is 0.185. The zero-order valence-corrected chi connectivity index (χ0v) is 10.1. The van der Waals surface area contributed by atoms with E-state index in [0.717, 1.165) is 0 Å². The summed E-state index contributed by atoms with van der Waals surface area (Å²) in [6.07, 6.45) is 0.425. The maximum atomic E-state index is 12.1. The molecule has 88 valence electrons. The third kappa shape index (κ3) is 1.84. The number of halogens is 1. The van der Waals surface area contributed by atoms with Gasteiger partial charge in [-0.05, 0) is 30.7 Å². The van der Waals surface area contributed by atoms with Gasteiger partial charge in [0.05, 0.1) is 10.1 Å². The van der Waals surface area contributed by atoms with Gasteiger partial charge in [-0.25, -0.2) is 8.42 Å². The normalized spacial score (nSPS) is 29.1. The Labute approximate surface area is 99.5 Å². The van der Waals surface area contributed by atoms with Gasteiger partial charge in [0.2, 0.25) is 0 Å². The van der Waals surface area contributed by atoms with Crippen LogP contribution < -0.4 is 11.5 Å². The van der Waals surface area contributed by atoms with Gasteiger partial charge in [-0.15, -0.1) is 0 Å². The third-order valence-electron chi connectivity index (χ3n) is 2.94. The van der Waals surface area contributed by atoms with E-state index >= 15 is 0 Å². The molecule has 4 N–H and O–H groups in total. The predicted molar refractivity (Wildman–Crippen MR) is 63.0 cm³/mol. The summed E-state index contributed by atoms with van der Waals surface area (Å²) in [4.78, 5) is 0.252. The lowest BCUT2D eigenvalue weighted by Gasteiger charge is -2.08. The molecule has 4 nitrogen and oxygen atoms in total. The number of rotatable bonds is 3. The molecule has 0 saturated heterocycles. The molecule has 2 unspecified atom stereocenters. The minimum atomic E-state index is -3.37. The molecule has 6 heteroatoms. The average Bonchev–Trinajstić information content (AvgIpc) is 2.93. The van der Waals surface area contributed by atoms with Crippen LogP contribution in [0.25, 0.3) is 0 Å². The quantitative estimate of drug-likeness (QED) is 0.831. The molecule has 1 saturated carbocycles. The maximum absolute atomic E-state index is 12.1. The van der Waals surface area contributed by atoms with Crippen LogP contribution in [0.1, 0.15) is 6.42 Å². The molecule has 0 aliphatic heterocycles. The first-order valence-electron chi connectivity index (χ1n) is 4.88. The van der Waals surface area contributed by atoms with Crippen molar-refractivity contribution < 1.29 is 8.42 Å². The summed E-state index contributed by atoms with van der Waals surface area (Å²) in [7, 11) is -3.37. The van der Waals surface area contributed by atoms with Gasteiger partial charge in [-0.1, -0.05) is 11.6 Å². The molecule has 1 aliphatic carbocycles. The van der Waals surface area contributed by atoms with Gasteiger partial charge < -0.3 is 11.5 Å². The maximum Gasteiger partial charge on any atom is 0.183 e. The molecule has 1 aromatic rings. The molecular weight excluding hydrogens is 248 g/mol. The molecule has 0 aromatic heterocycles. The summed E-state index contributed by atoms with van der Waals surface area (Å²) >= 11 is 5.70. The highest BCUT2D eigenvalue weighted by Gasteiger charge is 2.58. The Balaban J connectivity index is 2.31. The van der Waals surface area contributed by atoms with Crippen molar-refractivity contribution in [2.75, 3.05) is 6.54 Å². The van der Waals surface area contributed by atoms with Gasteiger partial charge in [0, 0.05) is 17.1 Å². The van der Waals surface area contributed by atoms with Crippen LogP contribution >= 0.6 is 11.6 Å². The fourth-order valence-electron chi connectivity index (χ4n) is 1.71. The molecule has 1 fully saturated rings. The van der Waals surface area contributed by atoms with Crippen molar-refractivity contribution >= 4 is 21.4 Å². The smallest absolute Gasteiger partial charge is 0.183 e. The first-order chi connectivity index (χ1) is 7.40. The SMILES string of the molecule is NCC1(N)CC1S(=O)(=O)c1ccc(Cl)cc1. The molecule has 1 aliphatic rings. The fraction of sp³-hybridized carbons (Fsp3) is 0.400. The van der Waals surface area contributed by atoms with Crippen LogP contribution in [0.5, 0.6) is 0 Å². The first kappa shape index (κ1) is 11.9. The van der Waals surface area contributed by atoms with Gasteiger partial charge in [-0.2, -0.15) is 0 Å². The lowest BCUT2D eigenvalue weighted by molar-refractivity contribution is 0.586. The van der Waals surface area contributed by atoms with Crippen LogP contribution in [0.15, 0.2) is 29.2 Å². The number of hydrogen-bond acceptors (Lipinski definition) is 4. The summed E-state index contributed by atoms with van der Waals surface area (Å²) in [6.45, 7) is 0.185. The average molecular weight is 261 g/mol. The zero-order valence-electron chi connectivity index (χ0n) is 8.56. The summed E-state index contributed by atoms with van der Waals surface area (Å²) in [5, 5.41) is -0.0567. The van der Waals surface area contributed by atoms with Crippen LogP contribution in [0.4, 0.5) is 0 Å². The van der Waals surface area contributed by atoms with E-state index in [0.29, 0.717) is 11.4 Å². The minimum Gasteiger partial charge on any atom is -0.329 e. The molecule has 2 atom stereocenters. The fourth-order valence-corrected chi connectivity index (χ4v) is 3.92. The van der Waals surface area contributed by atoms with Gasteiger partial charge in [0.15, 0.2) is 9.84 Å². The van der Waals surface area contributed by atoms with Crippen molar-refractivity contribution in [1.29, 1.82) is 0 Å². The molecule has 2 rings (SSSR count). The first-order valence-corrected chi connectivity index (χ1v) is 6.81. The molecule has 0 spiro atoms. The predicted octanol–water partition coefficient (Wildman–Crippen LogP) is 0.542. The van der Waals surface area contributed by atoms with Crippen molar-refractivity contribution in [3.63, 3.8) is 0 Å². The highest BCUT2D eigenvalue weighted by Crippen LogP contribution is 2.41. The summed E-state index contributed by atoms with van der Waals surface area (Å²) in [5.74, 6) is 0. The van der Waals surface area contributed by atoms with Gasteiger partial charge >= 0.3 is 0 Å². The van der Waals surface area contributed by atoms with E-state index in [1.165, 1.54) is 12.1 Å². The monoisotopic (exact) mass is 260 g/mol.